The summed E-state index contributed by atoms with van der Waals surface area (Å²) < 4.78 is 36.9. The molecule has 0 spiro atoms. The molecule has 0 aliphatic carbocycles. The number of nitrogens with one attached hydrogen (secondary N) is 1. The minimum atomic E-state index is -0.650. The van der Waals surface area contributed by atoms with E-state index in [0.29, 0.717) is 30.2 Å². The molecule has 1 aliphatic heterocycles. The van der Waals surface area contributed by atoms with E-state index < -0.39 is 11.6 Å². The monoisotopic (exact) mass is 465 g/mol. The van der Waals surface area contributed by atoms with Crippen molar-refractivity contribution in [2.45, 2.75) is 19.9 Å². The highest BCUT2D eigenvalue weighted by atomic mass is 19.1. The van der Waals surface area contributed by atoms with Crippen LogP contribution in [0.25, 0.3) is 16.8 Å². The molecule has 10 heteroatoms. The number of halogens is 2. The summed E-state index contributed by atoms with van der Waals surface area (Å²) in [5, 5.41) is 7.48. The molecule has 4 aromatic rings. The van der Waals surface area contributed by atoms with Crippen LogP contribution in [-0.2, 0) is 0 Å². The second kappa shape index (κ2) is 8.44. The van der Waals surface area contributed by atoms with Gasteiger partial charge in [0, 0.05) is 43.7 Å². The Hall–Kier alpha value is -3.95. The molecule has 1 N–H and O–H groups in total. The number of nitrogens with zero attached hydrogens (tertiary/aromatic N) is 6. The van der Waals surface area contributed by atoms with Crippen molar-refractivity contribution < 1.29 is 13.5 Å². The Kier molecular flexibility index (Phi) is 5.43. The number of hydrogen-bond donors (Lipinski definition) is 1. The summed E-state index contributed by atoms with van der Waals surface area (Å²) in [7, 11) is 3.93. The number of pyridine rings is 1. The van der Waals surface area contributed by atoms with Crippen LogP contribution in [0.3, 0.4) is 0 Å². The molecule has 1 aromatic carbocycles. The van der Waals surface area contributed by atoms with Crippen LogP contribution in [0.4, 0.5) is 31.9 Å². The van der Waals surface area contributed by atoms with Crippen LogP contribution in [-0.4, -0.2) is 52.9 Å². The topological polar surface area (TPSA) is 70.8 Å². The Morgan fingerprint density at radius 1 is 1.12 bits per heavy atom. The number of fused-ring (bicyclic) bond motifs is 2. The maximum Gasteiger partial charge on any atom is 0.229 e. The molecule has 0 bridgehead atoms. The quantitative estimate of drug-likeness (QED) is 0.466. The van der Waals surface area contributed by atoms with Crippen LogP contribution >= 0.6 is 0 Å². The van der Waals surface area contributed by atoms with E-state index in [-0.39, 0.29) is 23.4 Å². The molecule has 0 saturated carbocycles. The number of anilines is 4. The molecule has 3 aromatic heterocycles. The van der Waals surface area contributed by atoms with E-state index in [1.165, 1.54) is 6.07 Å². The smallest absolute Gasteiger partial charge is 0.229 e. The Morgan fingerprint density at radius 2 is 1.94 bits per heavy atom. The van der Waals surface area contributed by atoms with Crippen LogP contribution in [0.5, 0.6) is 5.75 Å². The fourth-order valence-electron chi connectivity index (χ4n) is 4.04. The van der Waals surface area contributed by atoms with Gasteiger partial charge in [0.1, 0.15) is 12.3 Å². The summed E-state index contributed by atoms with van der Waals surface area (Å²) in [6, 6.07) is 8.87. The van der Waals surface area contributed by atoms with Gasteiger partial charge in [0.2, 0.25) is 5.95 Å². The van der Waals surface area contributed by atoms with Gasteiger partial charge in [-0.1, -0.05) is 0 Å². The van der Waals surface area contributed by atoms with Crippen molar-refractivity contribution in [3.63, 3.8) is 0 Å². The second-order valence-corrected chi connectivity index (χ2v) is 8.64. The first-order valence-electron chi connectivity index (χ1n) is 11.0. The summed E-state index contributed by atoms with van der Waals surface area (Å²) in [6.45, 7) is 5.05. The summed E-state index contributed by atoms with van der Waals surface area (Å²) in [4.78, 5) is 12.4. The number of hydrogen-bond acceptors (Lipinski definition) is 7. The second-order valence-electron chi connectivity index (χ2n) is 8.64. The third-order valence-corrected chi connectivity index (χ3v) is 5.76. The van der Waals surface area contributed by atoms with Crippen molar-refractivity contribution >= 4 is 28.7 Å². The molecule has 0 atom stereocenters. The van der Waals surface area contributed by atoms with E-state index >= 15 is 0 Å². The Bertz CT molecular complexity index is 1370. The van der Waals surface area contributed by atoms with Gasteiger partial charge >= 0.3 is 0 Å². The van der Waals surface area contributed by atoms with Crippen molar-refractivity contribution in [3.8, 4) is 17.0 Å². The first-order chi connectivity index (χ1) is 16.3. The fraction of sp³-hybridized carbons (Fsp3) is 0.292. The summed E-state index contributed by atoms with van der Waals surface area (Å²) in [5.74, 6) is -0.365. The van der Waals surface area contributed by atoms with Crippen LogP contribution < -0.4 is 19.9 Å². The highest BCUT2D eigenvalue weighted by Gasteiger charge is 2.25. The van der Waals surface area contributed by atoms with E-state index in [2.05, 4.69) is 20.4 Å². The molecule has 0 fully saturated rings. The molecule has 176 valence electrons. The molecule has 5 rings (SSSR count). The van der Waals surface area contributed by atoms with E-state index in [4.69, 9.17) is 4.74 Å². The number of ether oxygens (including phenoxy) is 1. The van der Waals surface area contributed by atoms with Gasteiger partial charge in [-0.25, -0.2) is 23.3 Å². The minimum absolute atomic E-state index is 0.00728. The standard InChI is InChI=1S/C24H25F2N7O/c1-14(2)32-7-8-34-23-18(25)9-15(10-20(23)32)22-19(26)13-27-24(29-22)28-21-12-17-11-16(31(3)4)5-6-33(17)30-21/h5-6,9-14H,7-8H2,1-4H3,(H,27,28,29,30). The predicted molar refractivity (Wildman–Crippen MR) is 128 cm³/mol. The average Bonchev–Trinajstić information content (AvgIpc) is 3.21. The van der Waals surface area contributed by atoms with Gasteiger partial charge in [-0.15, -0.1) is 0 Å². The highest BCUT2D eigenvalue weighted by molar-refractivity contribution is 5.73. The molecular weight excluding hydrogens is 440 g/mol. The molecule has 8 nitrogen and oxygen atoms in total. The summed E-state index contributed by atoms with van der Waals surface area (Å²) in [5.41, 5.74) is 2.80. The van der Waals surface area contributed by atoms with Crippen LogP contribution in [0, 0.1) is 11.6 Å². The first kappa shape index (κ1) is 21.9. The van der Waals surface area contributed by atoms with E-state index in [9.17, 15) is 8.78 Å². The van der Waals surface area contributed by atoms with Crippen molar-refractivity contribution in [2.75, 3.05) is 42.4 Å². The van der Waals surface area contributed by atoms with Gasteiger partial charge in [0.15, 0.2) is 23.2 Å². The minimum Gasteiger partial charge on any atom is -0.486 e. The molecule has 34 heavy (non-hydrogen) atoms. The Morgan fingerprint density at radius 3 is 2.71 bits per heavy atom. The van der Waals surface area contributed by atoms with Gasteiger partial charge in [-0.05, 0) is 38.1 Å². The normalized spacial score (nSPS) is 13.2. The lowest BCUT2D eigenvalue weighted by atomic mass is 10.1. The lowest BCUT2D eigenvalue weighted by Gasteiger charge is -2.34. The van der Waals surface area contributed by atoms with Crippen molar-refractivity contribution in [3.05, 3.63) is 54.4 Å². The molecule has 0 radical (unpaired) electrons. The first-order valence-corrected chi connectivity index (χ1v) is 11.0. The third kappa shape index (κ3) is 3.95. The van der Waals surface area contributed by atoms with Crippen LogP contribution in [0.1, 0.15) is 13.8 Å². The van der Waals surface area contributed by atoms with Crippen molar-refractivity contribution in [2.24, 2.45) is 0 Å². The Labute approximate surface area is 195 Å². The zero-order valence-electron chi connectivity index (χ0n) is 19.4. The van der Waals surface area contributed by atoms with Gasteiger partial charge in [0.25, 0.3) is 0 Å². The van der Waals surface area contributed by atoms with Gasteiger partial charge < -0.3 is 19.9 Å². The van der Waals surface area contributed by atoms with E-state index in [0.717, 1.165) is 17.4 Å². The lowest BCUT2D eigenvalue weighted by molar-refractivity contribution is 0.287. The number of aromatic nitrogens is 4. The molecule has 0 saturated heterocycles. The van der Waals surface area contributed by atoms with Crippen LogP contribution in [0.15, 0.2) is 42.7 Å². The molecular formula is C24H25F2N7O. The maximum absolute atomic E-state index is 14.9. The van der Waals surface area contributed by atoms with E-state index in [1.807, 2.05) is 62.1 Å². The summed E-state index contributed by atoms with van der Waals surface area (Å²) in [6.07, 6.45) is 2.92. The van der Waals surface area contributed by atoms with Crippen molar-refractivity contribution in [1.29, 1.82) is 0 Å². The van der Waals surface area contributed by atoms with Crippen LogP contribution in [0.2, 0.25) is 0 Å². The maximum atomic E-state index is 14.9. The predicted octanol–water partition coefficient (Wildman–Crippen LogP) is 4.49. The SMILES string of the molecule is CC(C)N1CCOc2c(F)cc(-c3nc(Nc4cc5cc(N(C)C)ccn5n4)ncc3F)cc21. The molecule has 1 aliphatic rings. The van der Waals surface area contributed by atoms with Gasteiger partial charge in [-0.2, -0.15) is 5.10 Å². The highest BCUT2D eigenvalue weighted by Crippen LogP contribution is 2.39. The number of rotatable bonds is 5. The third-order valence-electron chi connectivity index (χ3n) is 5.76. The largest absolute Gasteiger partial charge is 0.486 e. The van der Waals surface area contributed by atoms with Gasteiger partial charge in [0.05, 0.1) is 23.9 Å². The molecule has 0 unspecified atom stereocenters. The lowest BCUT2D eigenvalue weighted by Crippen LogP contribution is -2.38. The number of benzene rings is 1. The molecule has 0 amide bonds. The molecule has 4 heterocycles. The fourth-order valence-corrected chi connectivity index (χ4v) is 4.04. The van der Waals surface area contributed by atoms with E-state index in [1.54, 1.807) is 10.6 Å². The average molecular weight is 466 g/mol. The van der Waals surface area contributed by atoms with Crippen molar-refractivity contribution in [1.82, 2.24) is 19.6 Å². The zero-order valence-corrected chi connectivity index (χ0v) is 19.4. The summed E-state index contributed by atoms with van der Waals surface area (Å²) >= 11 is 0. The Balaban J connectivity index is 1.50. The zero-order chi connectivity index (χ0) is 24.0. The van der Waals surface area contributed by atoms with Gasteiger partial charge in [-0.3, -0.25) is 0 Å².